The molecule has 2 rings (SSSR count). The molecule has 0 bridgehead atoms. The molecule has 29 heavy (non-hydrogen) atoms. The predicted molar refractivity (Wildman–Crippen MR) is 117 cm³/mol. The van der Waals surface area contributed by atoms with Crippen LogP contribution in [0.4, 0.5) is 11.4 Å². The van der Waals surface area contributed by atoms with E-state index >= 15 is 0 Å². The Morgan fingerprint density at radius 3 is 2.38 bits per heavy atom. The van der Waals surface area contributed by atoms with Crippen molar-refractivity contribution in [3.05, 3.63) is 59.7 Å². The van der Waals surface area contributed by atoms with Gasteiger partial charge in [-0.15, -0.1) is 11.8 Å². The van der Waals surface area contributed by atoms with E-state index in [-0.39, 0.29) is 17.4 Å². The van der Waals surface area contributed by atoms with E-state index in [1.807, 2.05) is 49.4 Å². The highest BCUT2D eigenvalue weighted by atomic mass is 32.2. The number of aryl methyl sites for hydroxylation is 2. The highest BCUT2D eigenvalue weighted by Gasteiger charge is 2.18. The Kier molecular flexibility index (Phi) is 8.73. The first-order valence-corrected chi connectivity index (χ1v) is 10.6. The Hall–Kier alpha value is -2.80. The number of anilines is 2. The molecule has 2 aromatic rings. The fraction of sp³-hybridized carbons (Fsp3) is 0.318. The summed E-state index contributed by atoms with van der Waals surface area (Å²) in [6.45, 7) is 5.51. The van der Waals surface area contributed by atoms with Crippen molar-refractivity contribution in [1.29, 1.82) is 0 Å². The van der Waals surface area contributed by atoms with E-state index < -0.39 is 18.0 Å². The van der Waals surface area contributed by atoms with Gasteiger partial charge < -0.3 is 15.4 Å². The smallest absolute Gasteiger partial charge is 0.316 e. The van der Waals surface area contributed by atoms with Crippen molar-refractivity contribution in [2.24, 2.45) is 0 Å². The van der Waals surface area contributed by atoms with Crippen LogP contribution >= 0.6 is 11.8 Å². The third-order valence-electron chi connectivity index (χ3n) is 4.06. The second-order valence-electron chi connectivity index (χ2n) is 6.58. The number of nitrogens with one attached hydrogen (secondary N) is 2. The van der Waals surface area contributed by atoms with E-state index in [0.717, 1.165) is 29.4 Å². The van der Waals surface area contributed by atoms with Crippen LogP contribution in [0.15, 0.2) is 48.5 Å². The largest absolute Gasteiger partial charge is 0.452 e. The minimum atomic E-state index is -0.921. The molecule has 0 saturated heterocycles. The van der Waals surface area contributed by atoms with Crippen molar-refractivity contribution in [2.75, 3.05) is 22.1 Å². The molecule has 6 nitrogen and oxygen atoms in total. The van der Waals surface area contributed by atoms with Crippen LogP contribution in [0.2, 0.25) is 0 Å². The second-order valence-corrected chi connectivity index (χ2v) is 7.57. The number of thioether (sulfide) groups is 1. The molecule has 0 aliphatic rings. The summed E-state index contributed by atoms with van der Waals surface area (Å²) in [5.41, 5.74) is 3.59. The maximum atomic E-state index is 12.2. The highest BCUT2D eigenvalue weighted by molar-refractivity contribution is 8.00. The molecule has 0 spiro atoms. The first-order valence-electron chi connectivity index (χ1n) is 9.41. The van der Waals surface area contributed by atoms with E-state index in [9.17, 15) is 14.4 Å². The average Bonchev–Trinajstić information content (AvgIpc) is 2.68. The van der Waals surface area contributed by atoms with Crippen LogP contribution in [0.1, 0.15) is 25.0 Å². The Morgan fingerprint density at radius 1 is 1.00 bits per heavy atom. The number of hydrogen-bond donors (Lipinski definition) is 2. The fourth-order valence-corrected chi connectivity index (χ4v) is 3.09. The number of carbonyl (C=O) groups is 3. The molecule has 0 unspecified atom stereocenters. The summed E-state index contributed by atoms with van der Waals surface area (Å²) >= 11 is 1.14. The lowest BCUT2D eigenvalue weighted by molar-refractivity contribution is -0.150. The molecule has 2 amide bonds. The van der Waals surface area contributed by atoms with Crippen molar-refractivity contribution < 1.29 is 19.1 Å². The van der Waals surface area contributed by atoms with Crippen molar-refractivity contribution in [3.8, 4) is 0 Å². The SMILES string of the molecule is CCc1ccc(NC(=O)[C@@H](C)OC(=O)CSCC(=O)Nc2cccc(C)c2)cc1. The molecule has 0 aliphatic heterocycles. The van der Waals surface area contributed by atoms with Gasteiger partial charge in [-0.2, -0.15) is 0 Å². The summed E-state index contributed by atoms with van der Waals surface area (Å²) in [5, 5.41) is 5.49. The van der Waals surface area contributed by atoms with Crippen LogP contribution in [0.5, 0.6) is 0 Å². The lowest BCUT2D eigenvalue weighted by atomic mass is 10.1. The van der Waals surface area contributed by atoms with E-state index in [1.54, 1.807) is 6.07 Å². The topological polar surface area (TPSA) is 84.5 Å². The molecular formula is C22H26N2O4S. The summed E-state index contributed by atoms with van der Waals surface area (Å²) in [6.07, 6.45) is -0.00166. The van der Waals surface area contributed by atoms with Crippen LogP contribution in [0.25, 0.3) is 0 Å². The molecule has 0 fully saturated rings. The van der Waals surface area contributed by atoms with Gasteiger partial charge >= 0.3 is 5.97 Å². The van der Waals surface area contributed by atoms with Crippen LogP contribution < -0.4 is 10.6 Å². The standard InChI is InChI=1S/C22H26N2O4S/c1-4-17-8-10-18(11-9-17)24-22(27)16(3)28-21(26)14-29-13-20(25)23-19-7-5-6-15(2)12-19/h5-12,16H,4,13-14H2,1-3H3,(H,23,25)(H,24,27)/t16-/m1/s1. The second kappa shape index (κ2) is 11.3. The Labute approximate surface area is 175 Å². The average molecular weight is 415 g/mol. The summed E-state index contributed by atoms with van der Waals surface area (Å²) in [6, 6.07) is 15.0. The molecular weight excluding hydrogens is 388 g/mol. The summed E-state index contributed by atoms with van der Waals surface area (Å²) in [7, 11) is 0. The van der Waals surface area contributed by atoms with Crippen molar-refractivity contribution >= 4 is 40.9 Å². The van der Waals surface area contributed by atoms with Gasteiger partial charge in [-0.25, -0.2) is 0 Å². The normalized spacial score (nSPS) is 11.4. The minimum Gasteiger partial charge on any atom is -0.452 e. The lowest BCUT2D eigenvalue weighted by Crippen LogP contribution is -2.30. The monoisotopic (exact) mass is 414 g/mol. The van der Waals surface area contributed by atoms with Crippen molar-refractivity contribution in [3.63, 3.8) is 0 Å². The number of benzene rings is 2. The van der Waals surface area contributed by atoms with Crippen LogP contribution in [0.3, 0.4) is 0 Å². The number of hydrogen-bond acceptors (Lipinski definition) is 5. The lowest BCUT2D eigenvalue weighted by Gasteiger charge is -2.13. The van der Waals surface area contributed by atoms with Gasteiger partial charge in [0.2, 0.25) is 5.91 Å². The van der Waals surface area contributed by atoms with Gasteiger partial charge in [0, 0.05) is 11.4 Å². The van der Waals surface area contributed by atoms with Gasteiger partial charge in [0.1, 0.15) is 0 Å². The summed E-state index contributed by atoms with van der Waals surface area (Å²) in [4.78, 5) is 36.0. The number of rotatable bonds is 9. The zero-order chi connectivity index (χ0) is 21.2. The van der Waals surface area contributed by atoms with Crippen LogP contribution in [-0.2, 0) is 25.5 Å². The third kappa shape index (κ3) is 7.99. The minimum absolute atomic E-state index is 0.00987. The zero-order valence-corrected chi connectivity index (χ0v) is 17.7. The molecule has 0 radical (unpaired) electrons. The first-order chi connectivity index (χ1) is 13.9. The number of ether oxygens (including phenoxy) is 1. The molecule has 1 atom stereocenters. The summed E-state index contributed by atoms with van der Waals surface area (Å²) < 4.78 is 5.14. The number of amides is 2. The molecule has 0 aromatic heterocycles. The molecule has 0 saturated carbocycles. The number of carbonyl (C=O) groups excluding carboxylic acids is 3. The molecule has 154 valence electrons. The molecule has 0 heterocycles. The van der Waals surface area contributed by atoms with Gasteiger partial charge in [0.05, 0.1) is 11.5 Å². The van der Waals surface area contributed by atoms with Crippen molar-refractivity contribution in [2.45, 2.75) is 33.3 Å². The van der Waals surface area contributed by atoms with Gasteiger partial charge in [0.15, 0.2) is 6.10 Å². The quantitative estimate of drug-likeness (QED) is 0.610. The fourth-order valence-electron chi connectivity index (χ4n) is 2.50. The molecule has 7 heteroatoms. The number of esters is 1. The molecule has 2 aromatic carbocycles. The zero-order valence-electron chi connectivity index (χ0n) is 16.9. The van der Waals surface area contributed by atoms with Gasteiger partial charge in [-0.1, -0.05) is 31.2 Å². The van der Waals surface area contributed by atoms with E-state index in [2.05, 4.69) is 17.6 Å². The van der Waals surface area contributed by atoms with Crippen LogP contribution in [0, 0.1) is 6.92 Å². The first kappa shape index (κ1) is 22.5. The van der Waals surface area contributed by atoms with E-state index in [1.165, 1.54) is 12.5 Å². The molecule has 2 N–H and O–H groups in total. The van der Waals surface area contributed by atoms with Crippen molar-refractivity contribution in [1.82, 2.24) is 0 Å². The molecule has 0 aliphatic carbocycles. The Bertz CT molecular complexity index is 852. The van der Waals surface area contributed by atoms with Gasteiger partial charge in [0.25, 0.3) is 5.91 Å². The summed E-state index contributed by atoms with van der Waals surface area (Å²) in [5.74, 6) is -1.03. The predicted octanol–water partition coefficient (Wildman–Crippen LogP) is 3.80. The maximum Gasteiger partial charge on any atom is 0.316 e. The van der Waals surface area contributed by atoms with E-state index in [4.69, 9.17) is 4.74 Å². The van der Waals surface area contributed by atoms with E-state index in [0.29, 0.717) is 5.69 Å². The highest BCUT2D eigenvalue weighted by Crippen LogP contribution is 2.12. The van der Waals surface area contributed by atoms with Gasteiger partial charge in [-0.05, 0) is 55.7 Å². The third-order valence-corrected chi connectivity index (χ3v) is 4.97. The Morgan fingerprint density at radius 2 is 1.72 bits per heavy atom. The maximum absolute atomic E-state index is 12.2. The van der Waals surface area contributed by atoms with Crippen LogP contribution in [-0.4, -0.2) is 35.4 Å². The van der Waals surface area contributed by atoms with Gasteiger partial charge in [-0.3, -0.25) is 14.4 Å². The Balaban J connectivity index is 1.69.